The van der Waals surface area contributed by atoms with E-state index < -0.39 is 5.41 Å². The SMILES string of the molecule is C[C@@H]1CCN(CCOc2ccc(NC(=O)C3(C#N)CCC3)cc2)C1. The van der Waals surface area contributed by atoms with Gasteiger partial charge in [-0.1, -0.05) is 6.92 Å². The maximum Gasteiger partial charge on any atom is 0.244 e. The summed E-state index contributed by atoms with van der Waals surface area (Å²) in [5, 5.41) is 12.0. The molecule has 5 heteroatoms. The molecule has 5 nitrogen and oxygen atoms in total. The quantitative estimate of drug-likeness (QED) is 0.872. The van der Waals surface area contributed by atoms with Gasteiger partial charge in [-0.2, -0.15) is 5.26 Å². The Balaban J connectivity index is 1.45. The van der Waals surface area contributed by atoms with Crippen LogP contribution in [0, 0.1) is 22.7 Å². The Labute approximate surface area is 143 Å². The molecule has 2 aliphatic rings. The molecule has 2 fully saturated rings. The number of nitrogens with one attached hydrogen (secondary N) is 1. The Bertz CT molecular complexity index is 616. The second kappa shape index (κ2) is 7.23. The van der Waals surface area contributed by atoms with E-state index in [-0.39, 0.29) is 5.91 Å². The van der Waals surface area contributed by atoms with Gasteiger partial charge in [0.2, 0.25) is 5.91 Å². The zero-order chi connectivity index (χ0) is 17.0. The third-order valence-electron chi connectivity index (χ3n) is 5.15. The minimum atomic E-state index is -0.817. The van der Waals surface area contributed by atoms with Crippen LogP contribution in [0.1, 0.15) is 32.6 Å². The number of amides is 1. The van der Waals surface area contributed by atoms with Crippen molar-refractivity contribution in [1.29, 1.82) is 5.26 Å². The molecule has 1 atom stereocenters. The highest BCUT2D eigenvalue weighted by atomic mass is 16.5. The van der Waals surface area contributed by atoms with Gasteiger partial charge in [0.1, 0.15) is 17.8 Å². The van der Waals surface area contributed by atoms with Crippen LogP contribution in [0.5, 0.6) is 5.75 Å². The zero-order valence-electron chi connectivity index (χ0n) is 14.3. The molecule has 24 heavy (non-hydrogen) atoms. The predicted molar refractivity (Wildman–Crippen MR) is 92.7 cm³/mol. The number of carbonyl (C=O) groups excluding carboxylic acids is 1. The summed E-state index contributed by atoms with van der Waals surface area (Å²) in [6.45, 7) is 6.24. The first kappa shape index (κ1) is 16.8. The number of anilines is 1. The summed E-state index contributed by atoms with van der Waals surface area (Å²) < 4.78 is 5.78. The number of likely N-dealkylation sites (tertiary alicyclic amines) is 1. The Kier molecular flexibility index (Phi) is 5.06. The Hall–Kier alpha value is -2.06. The first-order chi connectivity index (χ1) is 11.6. The van der Waals surface area contributed by atoms with Gasteiger partial charge in [-0.25, -0.2) is 0 Å². The highest BCUT2D eigenvalue weighted by molar-refractivity contribution is 5.97. The molecule has 1 N–H and O–H groups in total. The minimum absolute atomic E-state index is 0.187. The molecule has 0 aromatic heterocycles. The van der Waals surface area contributed by atoms with Crippen molar-refractivity contribution in [3.05, 3.63) is 24.3 Å². The molecule has 1 saturated heterocycles. The van der Waals surface area contributed by atoms with Gasteiger partial charge < -0.3 is 10.1 Å². The van der Waals surface area contributed by atoms with Crippen molar-refractivity contribution >= 4 is 11.6 Å². The van der Waals surface area contributed by atoms with Gasteiger partial charge in [-0.05, 0) is 62.4 Å². The van der Waals surface area contributed by atoms with Crippen molar-refractivity contribution in [2.75, 3.05) is 31.6 Å². The van der Waals surface area contributed by atoms with E-state index in [4.69, 9.17) is 4.74 Å². The first-order valence-corrected chi connectivity index (χ1v) is 8.79. The largest absolute Gasteiger partial charge is 0.492 e. The van der Waals surface area contributed by atoms with E-state index in [9.17, 15) is 10.1 Å². The van der Waals surface area contributed by atoms with Gasteiger partial charge >= 0.3 is 0 Å². The molecule has 128 valence electrons. The number of hydrogen-bond donors (Lipinski definition) is 1. The van der Waals surface area contributed by atoms with Crippen molar-refractivity contribution in [1.82, 2.24) is 4.90 Å². The first-order valence-electron chi connectivity index (χ1n) is 8.79. The van der Waals surface area contributed by atoms with Crippen LogP contribution in [-0.4, -0.2) is 37.0 Å². The van der Waals surface area contributed by atoms with Crippen molar-refractivity contribution in [2.45, 2.75) is 32.6 Å². The number of rotatable bonds is 6. The molecule has 1 aromatic rings. The van der Waals surface area contributed by atoms with Crippen molar-refractivity contribution in [3.8, 4) is 11.8 Å². The number of ether oxygens (including phenoxy) is 1. The lowest BCUT2D eigenvalue weighted by Crippen LogP contribution is -2.40. The monoisotopic (exact) mass is 327 g/mol. The number of benzene rings is 1. The second-order valence-electron chi connectivity index (χ2n) is 7.07. The van der Waals surface area contributed by atoms with E-state index in [1.807, 2.05) is 24.3 Å². The highest BCUT2D eigenvalue weighted by Crippen LogP contribution is 2.41. The van der Waals surface area contributed by atoms with Crippen LogP contribution >= 0.6 is 0 Å². The van der Waals surface area contributed by atoms with Crippen molar-refractivity contribution in [3.63, 3.8) is 0 Å². The second-order valence-corrected chi connectivity index (χ2v) is 7.07. The summed E-state index contributed by atoms with van der Waals surface area (Å²) in [4.78, 5) is 14.6. The van der Waals surface area contributed by atoms with Crippen LogP contribution in [0.4, 0.5) is 5.69 Å². The van der Waals surface area contributed by atoms with Crippen molar-refractivity contribution < 1.29 is 9.53 Å². The lowest BCUT2D eigenvalue weighted by Gasteiger charge is -2.33. The molecule has 0 bridgehead atoms. The van der Waals surface area contributed by atoms with Gasteiger partial charge in [0.15, 0.2) is 0 Å². The van der Waals surface area contributed by atoms with E-state index in [1.54, 1.807) is 0 Å². The van der Waals surface area contributed by atoms with E-state index in [2.05, 4.69) is 23.2 Å². The van der Waals surface area contributed by atoms with E-state index in [1.165, 1.54) is 6.42 Å². The molecule has 1 aliphatic heterocycles. The van der Waals surface area contributed by atoms with Crippen LogP contribution in [-0.2, 0) is 4.79 Å². The third kappa shape index (κ3) is 3.70. The molecule has 1 amide bonds. The molecule has 1 aliphatic carbocycles. The van der Waals surface area contributed by atoms with Crippen LogP contribution in [0.25, 0.3) is 0 Å². The normalized spacial score (nSPS) is 22.4. The van der Waals surface area contributed by atoms with Gasteiger partial charge in [-0.15, -0.1) is 0 Å². The van der Waals surface area contributed by atoms with Crippen LogP contribution in [0.2, 0.25) is 0 Å². The average Bonchev–Trinajstić information content (AvgIpc) is 2.94. The van der Waals surface area contributed by atoms with Crippen molar-refractivity contribution in [2.24, 2.45) is 11.3 Å². The fourth-order valence-corrected chi connectivity index (χ4v) is 3.33. The minimum Gasteiger partial charge on any atom is -0.492 e. The number of nitriles is 1. The highest BCUT2D eigenvalue weighted by Gasteiger charge is 2.44. The molecule has 0 unspecified atom stereocenters. The predicted octanol–water partition coefficient (Wildman–Crippen LogP) is 3.04. The van der Waals surface area contributed by atoms with Gasteiger partial charge in [0.25, 0.3) is 0 Å². The fraction of sp³-hybridized carbons (Fsp3) is 0.579. The fourth-order valence-electron chi connectivity index (χ4n) is 3.33. The maximum absolute atomic E-state index is 12.2. The molecule has 1 saturated carbocycles. The van der Waals surface area contributed by atoms with E-state index in [0.717, 1.165) is 37.7 Å². The zero-order valence-corrected chi connectivity index (χ0v) is 14.3. The number of nitrogens with zero attached hydrogens (tertiary/aromatic N) is 2. The molecule has 1 aromatic carbocycles. The van der Waals surface area contributed by atoms with Gasteiger partial charge in [0.05, 0.1) is 6.07 Å². The van der Waals surface area contributed by atoms with Crippen LogP contribution in [0.15, 0.2) is 24.3 Å². The van der Waals surface area contributed by atoms with E-state index in [0.29, 0.717) is 25.1 Å². The summed E-state index contributed by atoms with van der Waals surface area (Å²) in [5.41, 5.74) is -0.107. The molecular formula is C19H25N3O2. The topological polar surface area (TPSA) is 65.4 Å². The summed E-state index contributed by atoms with van der Waals surface area (Å²) in [6.07, 6.45) is 3.54. The summed E-state index contributed by atoms with van der Waals surface area (Å²) in [7, 11) is 0. The standard InChI is InChI=1S/C19H25N3O2/c1-15-7-10-22(13-15)11-12-24-17-5-3-16(4-6-17)21-18(23)19(14-20)8-2-9-19/h3-6,15H,2,7-13H2,1H3,(H,21,23)/t15-/m1/s1. The van der Waals surface area contributed by atoms with Crippen LogP contribution in [0.3, 0.4) is 0 Å². The summed E-state index contributed by atoms with van der Waals surface area (Å²) in [5.74, 6) is 1.41. The molecule has 0 spiro atoms. The lowest BCUT2D eigenvalue weighted by atomic mass is 9.69. The Morgan fingerprint density at radius 3 is 2.71 bits per heavy atom. The molecule has 3 rings (SSSR count). The Morgan fingerprint density at radius 1 is 1.42 bits per heavy atom. The lowest BCUT2D eigenvalue weighted by molar-refractivity contribution is -0.126. The van der Waals surface area contributed by atoms with Crippen LogP contribution < -0.4 is 10.1 Å². The summed E-state index contributed by atoms with van der Waals surface area (Å²) in [6, 6.07) is 9.55. The number of carbonyl (C=O) groups is 1. The maximum atomic E-state index is 12.2. The van der Waals surface area contributed by atoms with Gasteiger partial charge in [-0.3, -0.25) is 9.69 Å². The average molecular weight is 327 g/mol. The summed E-state index contributed by atoms with van der Waals surface area (Å²) >= 11 is 0. The smallest absolute Gasteiger partial charge is 0.244 e. The van der Waals surface area contributed by atoms with E-state index >= 15 is 0 Å². The molecule has 0 radical (unpaired) electrons. The Morgan fingerprint density at radius 2 is 2.17 bits per heavy atom. The third-order valence-corrected chi connectivity index (χ3v) is 5.15. The molecule has 1 heterocycles. The molecular weight excluding hydrogens is 302 g/mol. The number of hydrogen-bond acceptors (Lipinski definition) is 4. The van der Waals surface area contributed by atoms with Gasteiger partial charge in [0, 0.05) is 18.8 Å².